The zero-order chi connectivity index (χ0) is 48.4. The fourth-order valence-corrected chi connectivity index (χ4v) is 11.2. The Morgan fingerprint density at radius 2 is 1.64 bits per heavy atom. The Labute approximate surface area is 404 Å². The number of pyridine rings is 1. The van der Waals surface area contributed by atoms with Gasteiger partial charge in [-0.25, -0.2) is 9.67 Å². The average Bonchev–Trinajstić information content (AvgIpc) is 4.09. The lowest BCUT2D eigenvalue weighted by molar-refractivity contribution is -0.136. The molecule has 6 aliphatic rings. The van der Waals surface area contributed by atoms with E-state index in [1.807, 2.05) is 69.2 Å². The average molecular weight is 952 g/mol. The van der Waals surface area contributed by atoms with E-state index < -0.39 is 29.3 Å². The normalized spacial score (nSPS) is 22.5. The molecule has 1 unspecified atom stereocenters. The van der Waals surface area contributed by atoms with Crippen LogP contribution in [0.1, 0.15) is 67.2 Å². The first-order valence-electron chi connectivity index (χ1n) is 24.2. The van der Waals surface area contributed by atoms with E-state index in [0.717, 1.165) is 123 Å². The molecule has 4 fully saturated rings. The van der Waals surface area contributed by atoms with Crippen molar-refractivity contribution in [3.8, 4) is 11.3 Å². The van der Waals surface area contributed by atoms with Crippen molar-refractivity contribution < 1.29 is 28.7 Å². The molecule has 2 atom stereocenters. The van der Waals surface area contributed by atoms with Crippen molar-refractivity contribution in [3.05, 3.63) is 77.1 Å². The SMILES string of the molecule is CC1=C(C(=O)Nc2ccc3[nH]nc(-c4ccnc(N5CCO[C@@H](CN6CCN(CC7CCN(c8ccc9c(c8)C(=O)N(C8CCC(=O)NC8=O)C9=O)CC7)CC6)C5)c4)c3c2)C(C)(C)n2nnnc2N1C. The summed E-state index contributed by atoms with van der Waals surface area (Å²) in [5, 5.41) is 26.3. The minimum absolute atomic E-state index is 0.0423. The predicted octanol–water partition coefficient (Wildman–Crippen LogP) is 2.85. The highest BCUT2D eigenvalue weighted by atomic mass is 16.5. The van der Waals surface area contributed by atoms with Gasteiger partial charge in [-0.2, -0.15) is 5.10 Å². The summed E-state index contributed by atoms with van der Waals surface area (Å²) in [5.41, 5.74) is 5.28. The van der Waals surface area contributed by atoms with Crippen LogP contribution in [0.2, 0.25) is 0 Å². The first-order chi connectivity index (χ1) is 33.8. The van der Waals surface area contributed by atoms with Crippen molar-refractivity contribution in [2.45, 2.75) is 64.1 Å². The number of hydrogen-bond acceptors (Lipinski definition) is 16. The molecule has 9 heterocycles. The van der Waals surface area contributed by atoms with Crippen LogP contribution in [0.4, 0.5) is 23.1 Å². The number of piperazine rings is 1. The Morgan fingerprint density at radius 3 is 2.43 bits per heavy atom. The largest absolute Gasteiger partial charge is 0.373 e. The van der Waals surface area contributed by atoms with Crippen molar-refractivity contribution in [2.24, 2.45) is 5.92 Å². The third kappa shape index (κ3) is 8.23. The first-order valence-corrected chi connectivity index (χ1v) is 24.2. The van der Waals surface area contributed by atoms with Crippen LogP contribution in [0.15, 0.2) is 66.0 Å². The monoisotopic (exact) mass is 951 g/mol. The molecule has 0 aliphatic carbocycles. The van der Waals surface area contributed by atoms with Crippen molar-refractivity contribution in [2.75, 3.05) is 99.1 Å². The number of aromatic amines is 1. The third-order valence-electron chi connectivity index (χ3n) is 15.1. The molecule has 11 rings (SSSR count). The number of H-pyrrole nitrogens is 1. The highest BCUT2D eigenvalue weighted by Crippen LogP contribution is 2.38. The maximum absolute atomic E-state index is 13.9. The van der Waals surface area contributed by atoms with Crippen LogP contribution in [0, 0.1) is 5.92 Å². The summed E-state index contributed by atoms with van der Waals surface area (Å²) < 4.78 is 8.00. The molecule has 0 spiro atoms. The number of anilines is 4. The number of nitrogens with one attached hydrogen (secondary N) is 3. The number of benzene rings is 2. The van der Waals surface area contributed by atoms with Gasteiger partial charge in [-0.3, -0.25) is 44.2 Å². The predicted molar refractivity (Wildman–Crippen MR) is 259 cm³/mol. The molecular formula is C49H57N15O6. The van der Waals surface area contributed by atoms with E-state index >= 15 is 0 Å². The maximum Gasteiger partial charge on any atom is 0.262 e. The van der Waals surface area contributed by atoms with Crippen LogP contribution >= 0.6 is 0 Å². The Morgan fingerprint density at radius 1 is 0.871 bits per heavy atom. The maximum atomic E-state index is 13.9. The van der Waals surface area contributed by atoms with Crippen LogP contribution in [0.3, 0.4) is 0 Å². The summed E-state index contributed by atoms with van der Waals surface area (Å²) in [4.78, 5) is 82.0. The first kappa shape index (κ1) is 45.3. The van der Waals surface area contributed by atoms with Gasteiger partial charge in [0.15, 0.2) is 0 Å². The lowest BCUT2D eigenvalue weighted by Crippen LogP contribution is -2.54. The third-order valence-corrected chi connectivity index (χ3v) is 15.1. The molecular weight excluding hydrogens is 895 g/mol. The molecule has 6 aliphatic heterocycles. The van der Waals surface area contributed by atoms with Crippen molar-refractivity contribution in [3.63, 3.8) is 0 Å². The number of fused-ring (bicyclic) bond motifs is 3. The summed E-state index contributed by atoms with van der Waals surface area (Å²) in [6.45, 7) is 15.4. The molecule has 3 N–H and O–H groups in total. The standard InChI is InChI=1S/C49H57N15O6/c1-29-42(49(2,3)64-48(58(29)4)55-56-57-64)45(67)51-32-5-8-38-37(24-32)43(54-53-38)31-11-14-50-40(23-31)62-21-22-70-34(28-62)27-60-19-17-59(18-20-60)26-30-12-15-61(16-13-30)33-6-7-35-36(25-33)47(69)63(46(35)68)39-9-10-41(65)52-44(39)66/h5-8,11,14,23-25,30,34,39H,9-10,12-13,15-22,26-28H2,1-4H3,(H,51,67)(H,53,54)(H,52,65,66)/t34-,39?/m0/s1. The molecule has 364 valence electrons. The van der Waals surface area contributed by atoms with Crippen LogP contribution in [-0.2, 0) is 24.7 Å². The van der Waals surface area contributed by atoms with Gasteiger partial charge < -0.3 is 29.7 Å². The minimum atomic E-state index is -0.973. The van der Waals surface area contributed by atoms with Gasteiger partial charge in [0.05, 0.1) is 40.5 Å². The molecule has 0 saturated carbocycles. The van der Waals surface area contributed by atoms with Gasteiger partial charge >= 0.3 is 0 Å². The van der Waals surface area contributed by atoms with E-state index in [0.29, 0.717) is 40.9 Å². The van der Waals surface area contributed by atoms with Crippen LogP contribution in [0.25, 0.3) is 22.2 Å². The second-order valence-electron chi connectivity index (χ2n) is 19.8. The Balaban J connectivity index is 0.661. The molecule has 5 aromatic rings. The summed E-state index contributed by atoms with van der Waals surface area (Å²) >= 11 is 0. The molecule has 2 aromatic carbocycles. The Hall–Kier alpha value is -7.10. The van der Waals surface area contributed by atoms with Gasteiger partial charge in [-0.15, -0.1) is 0 Å². The van der Waals surface area contributed by atoms with Gasteiger partial charge in [-0.1, -0.05) is 5.10 Å². The van der Waals surface area contributed by atoms with Crippen LogP contribution < -0.4 is 25.3 Å². The van der Waals surface area contributed by atoms with Crippen LogP contribution in [0.5, 0.6) is 0 Å². The summed E-state index contributed by atoms with van der Waals surface area (Å²) in [6.07, 6.45) is 4.16. The van der Waals surface area contributed by atoms with E-state index in [9.17, 15) is 24.0 Å². The van der Waals surface area contributed by atoms with E-state index in [-0.39, 0.29) is 30.8 Å². The van der Waals surface area contributed by atoms with Crippen LogP contribution in [-0.4, -0.2) is 171 Å². The number of carbonyl (C=O) groups is 5. The zero-order valence-electron chi connectivity index (χ0n) is 39.9. The molecule has 21 heteroatoms. The molecule has 70 heavy (non-hydrogen) atoms. The summed E-state index contributed by atoms with van der Waals surface area (Å²) in [7, 11) is 1.85. The van der Waals surface area contributed by atoms with E-state index in [1.165, 1.54) is 0 Å². The van der Waals surface area contributed by atoms with E-state index in [1.54, 1.807) is 16.8 Å². The second-order valence-corrected chi connectivity index (χ2v) is 19.8. The molecule has 4 saturated heterocycles. The van der Waals surface area contributed by atoms with E-state index in [4.69, 9.17) is 14.8 Å². The number of allylic oxidation sites excluding steroid dienone is 1. The van der Waals surface area contributed by atoms with E-state index in [2.05, 4.69) is 56.9 Å². The molecule has 0 bridgehead atoms. The van der Waals surface area contributed by atoms with Crippen molar-refractivity contribution >= 4 is 63.6 Å². The number of aromatic nitrogens is 7. The quantitative estimate of drug-likeness (QED) is 0.171. The number of nitrogens with zero attached hydrogens (tertiary/aromatic N) is 12. The molecule has 21 nitrogen and oxygen atoms in total. The topological polar surface area (TPSA) is 223 Å². The zero-order valence-corrected chi connectivity index (χ0v) is 39.9. The van der Waals surface area contributed by atoms with Gasteiger partial charge in [0.1, 0.15) is 17.6 Å². The number of ether oxygens (including phenoxy) is 1. The Bertz CT molecular complexity index is 2950. The summed E-state index contributed by atoms with van der Waals surface area (Å²) in [6, 6.07) is 14.2. The number of amides is 5. The fraction of sp³-hybridized carbons (Fsp3) is 0.469. The minimum Gasteiger partial charge on any atom is -0.373 e. The van der Waals surface area contributed by atoms with Gasteiger partial charge in [0.2, 0.25) is 17.8 Å². The number of piperidine rings is 2. The molecule has 3 aromatic heterocycles. The highest BCUT2D eigenvalue weighted by molar-refractivity contribution is 6.23. The number of tetrazole rings is 1. The van der Waals surface area contributed by atoms with Crippen molar-refractivity contribution in [1.29, 1.82) is 0 Å². The fourth-order valence-electron chi connectivity index (χ4n) is 11.2. The number of carbonyl (C=O) groups excluding carboxylic acids is 5. The molecule has 5 amide bonds. The lowest BCUT2D eigenvalue weighted by Gasteiger charge is -2.41. The second kappa shape index (κ2) is 18.0. The smallest absolute Gasteiger partial charge is 0.262 e. The lowest BCUT2D eigenvalue weighted by atomic mass is 9.89. The van der Waals surface area contributed by atoms with Gasteiger partial charge in [0, 0.05) is 113 Å². The number of imide groups is 2. The number of morpholine rings is 1. The van der Waals surface area contributed by atoms with Gasteiger partial charge in [-0.05, 0) is 105 Å². The number of rotatable bonds is 10. The van der Waals surface area contributed by atoms with Gasteiger partial charge in [0.25, 0.3) is 17.7 Å². The summed E-state index contributed by atoms with van der Waals surface area (Å²) in [5.74, 6) is -0.177. The van der Waals surface area contributed by atoms with Crippen molar-refractivity contribution in [1.82, 2.24) is 55.4 Å². The Kier molecular flexibility index (Phi) is 11.7. The highest BCUT2D eigenvalue weighted by Gasteiger charge is 2.45. The molecule has 0 radical (unpaired) electrons. The number of hydrogen-bond donors (Lipinski definition) is 3.